The van der Waals surface area contributed by atoms with Gasteiger partial charge in [0.2, 0.25) is 0 Å². The van der Waals surface area contributed by atoms with Gasteiger partial charge in [-0.3, -0.25) is 14.5 Å². The summed E-state index contributed by atoms with van der Waals surface area (Å²) in [7, 11) is 0. The Kier molecular flexibility index (Phi) is 5.97. The second-order valence-corrected chi connectivity index (χ2v) is 8.24. The van der Waals surface area contributed by atoms with Gasteiger partial charge in [-0.1, -0.05) is 30.5 Å². The van der Waals surface area contributed by atoms with Crippen LogP contribution in [0, 0.1) is 20.8 Å². The third kappa shape index (κ3) is 4.30. The van der Waals surface area contributed by atoms with Crippen LogP contribution in [-0.2, 0) is 13.1 Å². The molecule has 0 N–H and O–H groups in total. The van der Waals surface area contributed by atoms with Gasteiger partial charge in [-0.15, -0.1) is 0 Å². The Morgan fingerprint density at radius 1 is 1.23 bits per heavy atom. The maximum Gasteiger partial charge on any atom is 0.276 e. The average Bonchev–Trinajstić information content (AvgIpc) is 3.28. The normalized spacial score (nSPS) is 14.8. The first kappa shape index (κ1) is 20.3. The largest absolute Gasteiger partial charge is 0.361 e. The first-order chi connectivity index (χ1) is 14.5. The highest BCUT2D eigenvalue weighted by atomic mass is 16.5. The zero-order valence-electron chi connectivity index (χ0n) is 18.0. The Bertz CT molecular complexity index is 1000. The fourth-order valence-corrected chi connectivity index (χ4v) is 4.31. The summed E-state index contributed by atoms with van der Waals surface area (Å²) in [5.41, 5.74) is 4.23. The lowest BCUT2D eigenvalue weighted by Crippen LogP contribution is -2.41. The first-order valence-electron chi connectivity index (χ1n) is 10.7. The predicted octanol–water partition coefficient (Wildman–Crippen LogP) is 4.21. The minimum atomic E-state index is -0.0702. The standard InChI is InChI=1S/C23H29N5O2/c1-16-12-17(2)28(25-16)15-21-18(3)30-26-22(21)23(29)27(20-9-5-4-6-10-20)14-19-8-7-11-24-13-19/h7-8,11-13,20H,4-6,9-10,14-15H2,1-3H3. The summed E-state index contributed by atoms with van der Waals surface area (Å²) in [4.78, 5) is 19.9. The van der Waals surface area contributed by atoms with Crippen LogP contribution in [0.5, 0.6) is 0 Å². The van der Waals surface area contributed by atoms with Gasteiger partial charge in [-0.05, 0) is 51.3 Å². The van der Waals surface area contributed by atoms with Crippen molar-refractivity contribution in [1.82, 2.24) is 24.8 Å². The average molecular weight is 408 g/mol. The SMILES string of the molecule is Cc1cc(C)n(Cc2c(C(=O)N(Cc3cccnc3)C3CCCCC3)noc2C)n1. The zero-order chi connectivity index (χ0) is 21.1. The number of hydrogen-bond donors (Lipinski definition) is 0. The van der Waals surface area contributed by atoms with Gasteiger partial charge in [0.05, 0.1) is 12.2 Å². The lowest BCUT2D eigenvalue weighted by molar-refractivity contribution is 0.0602. The molecule has 3 aromatic heterocycles. The number of hydrogen-bond acceptors (Lipinski definition) is 5. The maximum absolute atomic E-state index is 13.7. The Balaban J connectivity index is 1.65. The number of pyridine rings is 1. The monoisotopic (exact) mass is 407 g/mol. The molecular formula is C23H29N5O2. The number of nitrogens with zero attached hydrogens (tertiary/aromatic N) is 5. The number of rotatable bonds is 6. The van der Waals surface area contributed by atoms with Gasteiger partial charge in [0.1, 0.15) is 5.76 Å². The van der Waals surface area contributed by atoms with Crippen molar-refractivity contribution in [3.63, 3.8) is 0 Å². The van der Waals surface area contributed by atoms with Crippen molar-refractivity contribution in [2.75, 3.05) is 0 Å². The molecule has 7 heteroatoms. The van der Waals surface area contributed by atoms with Crippen molar-refractivity contribution in [3.05, 3.63) is 64.6 Å². The molecule has 0 spiro atoms. The lowest BCUT2D eigenvalue weighted by atomic mass is 9.93. The summed E-state index contributed by atoms with van der Waals surface area (Å²) in [6, 6.07) is 6.17. The minimum absolute atomic E-state index is 0.0702. The summed E-state index contributed by atoms with van der Waals surface area (Å²) in [5.74, 6) is 0.593. The van der Waals surface area contributed by atoms with Gasteiger partial charge >= 0.3 is 0 Å². The Hall–Kier alpha value is -2.96. The molecular weight excluding hydrogens is 378 g/mol. The molecule has 0 saturated heterocycles. The molecule has 0 aliphatic heterocycles. The van der Waals surface area contributed by atoms with Crippen LogP contribution in [0.15, 0.2) is 35.1 Å². The third-order valence-electron chi connectivity index (χ3n) is 5.95. The van der Waals surface area contributed by atoms with Gasteiger partial charge in [-0.25, -0.2) is 0 Å². The Labute approximate surface area is 177 Å². The lowest BCUT2D eigenvalue weighted by Gasteiger charge is -2.34. The highest BCUT2D eigenvalue weighted by Gasteiger charge is 2.31. The van der Waals surface area contributed by atoms with Crippen molar-refractivity contribution < 1.29 is 9.32 Å². The topological polar surface area (TPSA) is 77.0 Å². The van der Waals surface area contributed by atoms with Crippen molar-refractivity contribution in [3.8, 4) is 0 Å². The van der Waals surface area contributed by atoms with E-state index in [0.717, 1.165) is 48.2 Å². The molecule has 1 fully saturated rings. The highest BCUT2D eigenvalue weighted by molar-refractivity contribution is 5.94. The predicted molar refractivity (Wildman–Crippen MR) is 113 cm³/mol. The van der Waals surface area contributed by atoms with Gasteiger partial charge in [0.15, 0.2) is 5.69 Å². The number of aromatic nitrogens is 4. The van der Waals surface area contributed by atoms with Gasteiger partial charge in [0.25, 0.3) is 5.91 Å². The van der Waals surface area contributed by atoms with Crippen molar-refractivity contribution in [1.29, 1.82) is 0 Å². The summed E-state index contributed by atoms with van der Waals surface area (Å²) >= 11 is 0. The quantitative estimate of drug-likeness (QED) is 0.612. The van der Waals surface area contributed by atoms with Gasteiger partial charge in [0, 0.05) is 36.2 Å². The van der Waals surface area contributed by atoms with E-state index >= 15 is 0 Å². The second kappa shape index (κ2) is 8.81. The van der Waals surface area contributed by atoms with E-state index in [1.165, 1.54) is 6.42 Å². The number of amides is 1. The number of carbonyl (C=O) groups excluding carboxylic acids is 1. The molecule has 7 nitrogen and oxygen atoms in total. The molecule has 1 saturated carbocycles. The van der Waals surface area contributed by atoms with Crippen LogP contribution in [0.1, 0.15) is 70.9 Å². The van der Waals surface area contributed by atoms with E-state index in [-0.39, 0.29) is 11.9 Å². The molecule has 0 unspecified atom stereocenters. The molecule has 1 aliphatic carbocycles. The molecule has 3 aromatic rings. The van der Waals surface area contributed by atoms with Crippen LogP contribution in [0.2, 0.25) is 0 Å². The van der Waals surface area contributed by atoms with Crippen LogP contribution < -0.4 is 0 Å². The van der Waals surface area contributed by atoms with E-state index < -0.39 is 0 Å². The van der Waals surface area contributed by atoms with E-state index in [1.54, 1.807) is 6.20 Å². The Morgan fingerprint density at radius 2 is 2.03 bits per heavy atom. The molecule has 4 rings (SSSR count). The molecule has 3 heterocycles. The highest BCUT2D eigenvalue weighted by Crippen LogP contribution is 2.27. The fraction of sp³-hybridized carbons (Fsp3) is 0.478. The smallest absolute Gasteiger partial charge is 0.276 e. The Morgan fingerprint density at radius 3 is 2.70 bits per heavy atom. The molecule has 158 valence electrons. The molecule has 0 atom stereocenters. The van der Waals surface area contributed by atoms with Crippen LogP contribution in [0.25, 0.3) is 0 Å². The summed E-state index contributed by atoms with van der Waals surface area (Å²) in [6.07, 6.45) is 9.16. The fourth-order valence-electron chi connectivity index (χ4n) is 4.31. The summed E-state index contributed by atoms with van der Waals surface area (Å²) in [6.45, 7) is 6.84. The van der Waals surface area contributed by atoms with Crippen LogP contribution in [0.4, 0.5) is 0 Å². The van der Waals surface area contributed by atoms with Crippen LogP contribution in [0.3, 0.4) is 0 Å². The molecule has 1 amide bonds. The van der Waals surface area contributed by atoms with E-state index in [2.05, 4.69) is 15.2 Å². The van der Waals surface area contributed by atoms with E-state index in [0.29, 0.717) is 24.5 Å². The third-order valence-corrected chi connectivity index (χ3v) is 5.95. The number of aryl methyl sites for hydroxylation is 3. The maximum atomic E-state index is 13.7. The molecule has 30 heavy (non-hydrogen) atoms. The molecule has 1 aliphatic rings. The molecule has 0 bridgehead atoms. The van der Waals surface area contributed by atoms with Gasteiger partial charge < -0.3 is 9.42 Å². The van der Waals surface area contributed by atoms with Gasteiger partial charge in [-0.2, -0.15) is 5.10 Å². The van der Waals surface area contributed by atoms with Crippen LogP contribution in [-0.4, -0.2) is 36.8 Å². The molecule has 0 radical (unpaired) electrons. The van der Waals surface area contributed by atoms with E-state index in [4.69, 9.17) is 4.52 Å². The van der Waals surface area contributed by atoms with Crippen LogP contribution >= 0.6 is 0 Å². The van der Waals surface area contributed by atoms with Crippen molar-refractivity contribution >= 4 is 5.91 Å². The summed E-state index contributed by atoms with van der Waals surface area (Å²) < 4.78 is 7.37. The minimum Gasteiger partial charge on any atom is -0.361 e. The zero-order valence-corrected chi connectivity index (χ0v) is 18.0. The van der Waals surface area contributed by atoms with Crippen molar-refractivity contribution in [2.45, 2.75) is 72.0 Å². The van der Waals surface area contributed by atoms with E-state index in [9.17, 15) is 4.79 Å². The summed E-state index contributed by atoms with van der Waals surface area (Å²) in [5, 5.41) is 8.73. The number of carbonyl (C=O) groups is 1. The molecule has 0 aromatic carbocycles. The van der Waals surface area contributed by atoms with E-state index in [1.807, 2.05) is 54.7 Å². The first-order valence-corrected chi connectivity index (χ1v) is 10.7. The van der Waals surface area contributed by atoms with Crippen molar-refractivity contribution in [2.24, 2.45) is 0 Å². The second-order valence-electron chi connectivity index (χ2n) is 8.24.